The quantitative estimate of drug-likeness (QED) is 0.126. The van der Waals surface area contributed by atoms with E-state index in [1.165, 1.54) is 55.2 Å². The highest BCUT2D eigenvalue weighted by atomic mass is 32.2. The summed E-state index contributed by atoms with van der Waals surface area (Å²) in [6.45, 7) is 20.6. The molecule has 9 nitrogen and oxygen atoms in total. The Hall–Kier alpha value is -2.84. The van der Waals surface area contributed by atoms with E-state index in [-0.39, 0.29) is 44.9 Å². The first-order valence-electron chi connectivity index (χ1n) is 23.6. The molecule has 8 rings (SSSR count). The van der Waals surface area contributed by atoms with Gasteiger partial charge in [-0.3, -0.25) is 4.79 Å². The number of carboxylic acids is 1. The van der Waals surface area contributed by atoms with Gasteiger partial charge in [-0.1, -0.05) is 58.9 Å². The van der Waals surface area contributed by atoms with Gasteiger partial charge in [0.15, 0.2) is 11.1 Å². The number of hydrogen-bond donors (Lipinski definition) is 4. The van der Waals surface area contributed by atoms with E-state index < -0.39 is 28.1 Å². The summed E-state index contributed by atoms with van der Waals surface area (Å²) in [6, 6.07) is 5.43. The molecule has 1 aromatic rings. The second-order valence-electron chi connectivity index (χ2n) is 22.5. The molecule has 334 valence electrons. The lowest BCUT2D eigenvalue weighted by atomic mass is 9.33. The second kappa shape index (κ2) is 16.0. The zero-order chi connectivity index (χ0) is 43.8. The lowest BCUT2D eigenvalue weighted by Crippen LogP contribution is -2.68. The molecule has 61 heavy (non-hydrogen) atoms. The van der Waals surface area contributed by atoms with Gasteiger partial charge in [-0.2, -0.15) is 5.26 Å². The Morgan fingerprint density at radius 1 is 0.967 bits per heavy atom. The molecule has 1 aromatic heterocycles. The molecule has 0 saturated heterocycles. The molecule has 0 amide bonds. The van der Waals surface area contributed by atoms with E-state index in [1.54, 1.807) is 18.3 Å². The molecule has 4 N–H and O–H groups in total. The van der Waals surface area contributed by atoms with Crippen molar-refractivity contribution < 1.29 is 28.5 Å². The van der Waals surface area contributed by atoms with Gasteiger partial charge in [-0.05, 0) is 197 Å². The summed E-state index contributed by atoms with van der Waals surface area (Å²) >= 11 is -1.81. The number of carboxylic acid groups (broad SMARTS) is 1. The smallest absolute Gasteiger partial charge is 0.313 e. The van der Waals surface area contributed by atoms with Gasteiger partial charge in [0.05, 0.1) is 10.9 Å². The fourth-order valence-corrected chi connectivity index (χ4v) is 16.7. The predicted octanol–water partition coefficient (Wildman–Crippen LogP) is 10.3. The van der Waals surface area contributed by atoms with Crippen molar-refractivity contribution in [1.82, 2.24) is 10.3 Å². The Labute approximate surface area is 368 Å². The molecule has 11 atom stereocenters. The molecule has 5 saturated carbocycles. The average molecular weight is 856 g/mol. The van der Waals surface area contributed by atoms with Crippen LogP contribution in [0.5, 0.6) is 5.88 Å². The molecular formula is C51H73N3O6S. The summed E-state index contributed by atoms with van der Waals surface area (Å²) in [4.78, 5) is 17.0. The lowest BCUT2D eigenvalue weighted by molar-refractivity contribution is -0.221. The fourth-order valence-electron chi connectivity index (χ4n) is 16.1. The van der Waals surface area contributed by atoms with Crippen molar-refractivity contribution in [2.24, 2.45) is 56.7 Å². The van der Waals surface area contributed by atoms with E-state index >= 15 is 0 Å². The Morgan fingerprint density at radius 3 is 2.38 bits per heavy atom. The zero-order valence-corrected chi connectivity index (χ0v) is 38.7. The SMILES string of the molecule is C=C(C)[C@@H]1CC[C@]2(NCCC3(O)CCC(S(=O)O)CC3)CC[C@]3(C)[C@H](CC[C@@H]4[C@@]5(C)CC=C(C6=CC[C@](COc7ncccc7C#N)(C(=O)O)CC6)C(C)(C)[C@@H]5CC[C@]43C)[C@@H]12. The van der Waals surface area contributed by atoms with Crippen LogP contribution in [0.1, 0.15) is 156 Å². The van der Waals surface area contributed by atoms with Gasteiger partial charge in [0.1, 0.15) is 23.7 Å². The van der Waals surface area contributed by atoms with Crippen LogP contribution in [0.3, 0.4) is 0 Å². The third-order valence-corrected chi connectivity index (χ3v) is 20.7. The van der Waals surface area contributed by atoms with Crippen molar-refractivity contribution in [1.29, 1.82) is 5.26 Å². The average Bonchev–Trinajstić information content (AvgIpc) is 3.60. The van der Waals surface area contributed by atoms with Crippen LogP contribution >= 0.6 is 0 Å². The first-order valence-corrected chi connectivity index (χ1v) is 24.8. The van der Waals surface area contributed by atoms with Crippen LogP contribution in [0.2, 0.25) is 0 Å². The molecule has 0 aromatic carbocycles. The van der Waals surface area contributed by atoms with Crippen LogP contribution < -0.4 is 10.1 Å². The predicted molar refractivity (Wildman–Crippen MR) is 240 cm³/mol. The second-order valence-corrected chi connectivity index (χ2v) is 23.8. The Balaban J connectivity index is 1.00. The monoisotopic (exact) mass is 856 g/mol. The highest BCUT2D eigenvalue weighted by Crippen LogP contribution is 2.76. The minimum atomic E-state index is -1.81. The third kappa shape index (κ3) is 7.22. The Kier molecular flexibility index (Phi) is 11.7. The Bertz CT molecular complexity index is 2030. The number of ether oxygens (including phenoxy) is 1. The minimum absolute atomic E-state index is 0.0210. The topological polar surface area (TPSA) is 153 Å². The standard InChI is InChI=1S/C51H73N3O6S/c1-33(2)37-16-25-51(54-30-28-50(57)23-14-36(15-24-50)61(58)59)27-26-47(6)39(42(37)51)10-11-41-46(5)19-17-38(45(3,4)40(46)18-20-48(41,47)7)34-12-21-49(22-13-34,44(55)56)32-60-43-35(31-52)9-8-29-53-43/h8-9,12,17,29,36-37,39-42,54,57H,1,10-11,13-16,18-28,30,32H2,2-7H3,(H,55,56)(H,58,59)/t36?,37-,39+,40-,41+,42+,46-,47+,48+,49-,50?,51-/m0/s1. The minimum Gasteiger partial charge on any atom is -0.481 e. The van der Waals surface area contributed by atoms with Crippen molar-refractivity contribution in [2.75, 3.05) is 13.2 Å². The highest BCUT2D eigenvalue weighted by Gasteiger charge is 2.70. The number of aliphatic hydroxyl groups is 1. The first-order chi connectivity index (χ1) is 28.8. The van der Waals surface area contributed by atoms with Crippen LogP contribution in [0.4, 0.5) is 0 Å². The van der Waals surface area contributed by atoms with Crippen LogP contribution in [-0.4, -0.2) is 59.5 Å². The summed E-state index contributed by atoms with van der Waals surface area (Å²) in [6.07, 6.45) is 21.7. The maximum absolute atomic E-state index is 12.8. The largest absolute Gasteiger partial charge is 0.481 e. The molecule has 10 heteroatoms. The highest BCUT2D eigenvalue weighted by molar-refractivity contribution is 7.79. The zero-order valence-electron chi connectivity index (χ0n) is 37.9. The molecule has 1 heterocycles. The molecule has 0 radical (unpaired) electrons. The van der Waals surface area contributed by atoms with E-state index in [0.29, 0.717) is 86.5 Å². The van der Waals surface area contributed by atoms with Crippen molar-refractivity contribution in [3.8, 4) is 11.9 Å². The number of nitrogens with one attached hydrogen (secondary N) is 1. The van der Waals surface area contributed by atoms with Crippen LogP contribution in [-0.2, 0) is 15.9 Å². The molecule has 7 aliphatic rings. The van der Waals surface area contributed by atoms with E-state index in [9.17, 15) is 29.0 Å². The normalized spacial score (nSPS) is 43.2. The summed E-state index contributed by atoms with van der Waals surface area (Å²) < 4.78 is 27.3. The third-order valence-electron chi connectivity index (χ3n) is 19.6. The number of aromatic nitrogens is 1. The molecule has 0 spiro atoms. The number of nitrogens with zero attached hydrogens (tertiary/aromatic N) is 2. The van der Waals surface area contributed by atoms with Crippen molar-refractivity contribution in [3.05, 3.63) is 59.3 Å². The number of fused-ring (bicyclic) bond motifs is 7. The maximum atomic E-state index is 12.8. The van der Waals surface area contributed by atoms with Crippen LogP contribution in [0, 0.1) is 68.0 Å². The maximum Gasteiger partial charge on any atom is 0.313 e. The molecule has 5 fully saturated rings. The number of pyridine rings is 1. The van der Waals surface area contributed by atoms with Gasteiger partial charge in [0.25, 0.3) is 0 Å². The molecule has 0 bridgehead atoms. The summed E-state index contributed by atoms with van der Waals surface area (Å²) in [5.74, 6) is 2.11. The number of carbonyl (C=O) groups is 1. The Morgan fingerprint density at radius 2 is 1.72 bits per heavy atom. The van der Waals surface area contributed by atoms with Crippen molar-refractivity contribution >= 4 is 17.0 Å². The van der Waals surface area contributed by atoms with Gasteiger partial charge in [0.2, 0.25) is 5.88 Å². The van der Waals surface area contributed by atoms with E-state index in [0.717, 1.165) is 25.8 Å². The van der Waals surface area contributed by atoms with Crippen LogP contribution in [0.25, 0.3) is 0 Å². The first kappa shape index (κ1) is 44.8. The van der Waals surface area contributed by atoms with Gasteiger partial charge in [0, 0.05) is 11.7 Å². The van der Waals surface area contributed by atoms with E-state index in [4.69, 9.17) is 4.74 Å². The fraction of sp³-hybridized carbons (Fsp3) is 0.745. The molecular weight excluding hydrogens is 783 g/mol. The van der Waals surface area contributed by atoms with E-state index in [1.807, 2.05) is 0 Å². The van der Waals surface area contributed by atoms with E-state index in [2.05, 4.69) is 76.6 Å². The molecule has 7 aliphatic carbocycles. The molecule has 1 unspecified atom stereocenters. The molecule has 0 aliphatic heterocycles. The number of rotatable bonds is 11. The summed E-state index contributed by atoms with van der Waals surface area (Å²) in [5.41, 5.74) is 3.11. The van der Waals surface area contributed by atoms with Gasteiger partial charge in [-0.25, -0.2) is 9.19 Å². The summed E-state index contributed by atoms with van der Waals surface area (Å²) in [7, 11) is 0. The van der Waals surface area contributed by atoms with Gasteiger partial charge in [-0.15, -0.1) is 0 Å². The number of hydrogen-bond acceptors (Lipinski definition) is 7. The van der Waals surface area contributed by atoms with Crippen molar-refractivity contribution in [2.45, 2.75) is 167 Å². The number of aliphatic carboxylic acids is 1. The van der Waals surface area contributed by atoms with Crippen LogP contribution in [0.15, 0.2) is 53.8 Å². The van der Waals surface area contributed by atoms with Gasteiger partial charge >= 0.3 is 5.97 Å². The van der Waals surface area contributed by atoms with Crippen molar-refractivity contribution in [3.63, 3.8) is 0 Å². The number of nitriles is 1. The summed E-state index contributed by atoms with van der Waals surface area (Å²) in [5, 5.41) is 35.5. The number of allylic oxidation sites excluding steroid dienone is 5. The van der Waals surface area contributed by atoms with Gasteiger partial charge < -0.3 is 24.8 Å². The lowest BCUT2D eigenvalue weighted by Gasteiger charge is -2.72.